The molecule has 0 saturated carbocycles. The number of ketones is 1. The Bertz CT molecular complexity index is 573. The van der Waals surface area contributed by atoms with E-state index < -0.39 is 11.6 Å². The van der Waals surface area contributed by atoms with Gasteiger partial charge in [0.2, 0.25) is 0 Å². The van der Waals surface area contributed by atoms with Crippen LogP contribution < -0.4 is 0 Å². The van der Waals surface area contributed by atoms with Crippen LogP contribution in [-0.4, -0.2) is 15.6 Å². The van der Waals surface area contributed by atoms with Crippen molar-refractivity contribution in [3.8, 4) is 0 Å². The van der Waals surface area contributed by atoms with E-state index in [-0.39, 0.29) is 12.2 Å². The molecule has 0 atom stereocenters. The van der Waals surface area contributed by atoms with Gasteiger partial charge in [-0.3, -0.25) is 9.48 Å². The van der Waals surface area contributed by atoms with Crippen LogP contribution in [0.25, 0.3) is 0 Å². The van der Waals surface area contributed by atoms with E-state index in [2.05, 4.69) is 5.10 Å². The zero-order valence-corrected chi connectivity index (χ0v) is 10.6. The smallest absolute Gasteiger partial charge is 0.137 e. The summed E-state index contributed by atoms with van der Waals surface area (Å²) >= 11 is 0. The number of nitrogens with zero attached hydrogens (tertiary/aromatic N) is 2. The molecule has 0 radical (unpaired) electrons. The number of carbonyl (C=O) groups is 1. The van der Waals surface area contributed by atoms with Crippen molar-refractivity contribution in [3.05, 3.63) is 53.4 Å². The molecule has 19 heavy (non-hydrogen) atoms. The predicted octanol–water partition coefficient (Wildman–Crippen LogP) is 2.44. The van der Waals surface area contributed by atoms with Crippen molar-refractivity contribution in [2.75, 3.05) is 0 Å². The molecule has 1 heterocycles. The lowest BCUT2D eigenvalue weighted by Crippen LogP contribution is -2.05. The maximum atomic E-state index is 13.0. The molecule has 0 amide bonds. The third kappa shape index (κ3) is 3.98. The Balaban J connectivity index is 1.90. The van der Waals surface area contributed by atoms with Crippen LogP contribution in [0.4, 0.5) is 8.78 Å². The Hall–Kier alpha value is -2.04. The first-order chi connectivity index (χ1) is 9.02. The Kier molecular flexibility index (Phi) is 4.04. The molecule has 0 bridgehead atoms. The van der Waals surface area contributed by atoms with E-state index in [1.165, 1.54) is 12.1 Å². The van der Waals surface area contributed by atoms with Crippen molar-refractivity contribution in [1.29, 1.82) is 0 Å². The molecule has 0 N–H and O–H groups in total. The average Bonchev–Trinajstić information content (AvgIpc) is 2.71. The van der Waals surface area contributed by atoms with Crippen LogP contribution in [0.15, 0.2) is 30.6 Å². The molecule has 3 nitrogen and oxygen atoms in total. The standard InChI is InChI=1S/C14H14F2N2O/c1-18-9-10(8-17-18)2-3-14(19)6-11-4-12(15)7-13(16)5-11/h4-5,7-9H,2-3,6H2,1H3. The largest absolute Gasteiger partial charge is 0.299 e. The molecule has 1 aromatic carbocycles. The van der Waals surface area contributed by atoms with E-state index in [4.69, 9.17) is 0 Å². The monoisotopic (exact) mass is 264 g/mol. The number of aromatic nitrogens is 2. The summed E-state index contributed by atoms with van der Waals surface area (Å²) in [7, 11) is 1.81. The molecule has 0 aliphatic carbocycles. The first-order valence-corrected chi connectivity index (χ1v) is 5.97. The van der Waals surface area contributed by atoms with Gasteiger partial charge in [-0.1, -0.05) is 0 Å². The van der Waals surface area contributed by atoms with Crippen LogP contribution >= 0.6 is 0 Å². The molecule has 0 saturated heterocycles. The average molecular weight is 264 g/mol. The topological polar surface area (TPSA) is 34.9 Å². The Morgan fingerprint density at radius 3 is 2.47 bits per heavy atom. The highest BCUT2D eigenvalue weighted by Gasteiger charge is 2.08. The number of aryl methyl sites for hydroxylation is 2. The van der Waals surface area contributed by atoms with Crippen LogP contribution in [0.1, 0.15) is 17.5 Å². The van der Waals surface area contributed by atoms with Gasteiger partial charge < -0.3 is 0 Å². The first kappa shape index (κ1) is 13.4. The molecule has 0 aliphatic heterocycles. The SMILES string of the molecule is Cn1cc(CCC(=O)Cc2cc(F)cc(F)c2)cn1. The van der Waals surface area contributed by atoms with Crippen molar-refractivity contribution in [2.24, 2.45) is 7.05 Å². The number of benzene rings is 1. The zero-order chi connectivity index (χ0) is 13.8. The van der Waals surface area contributed by atoms with Gasteiger partial charge in [0.05, 0.1) is 6.20 Å². The number of hydrogen-bond acceptors (Lipinski definition) is 2. The van der Waals surface area contributed by atoms with Crippen LogP contribution in [0.3, 0.4) is 0 Å². The van der Waals surface area contributed by atoms with Crippen molar-refractivity contribution in [2.45, 2.75) is 19.3 Å². The second-order valence-corrected chi connectivity index (χ2v) is 4.52. The van der Waals surface area contributed by atoms with Gasteiger partial charge in [-0.15, -0.1) is 0 Å². The normalized spacial score (nSPS) is 10.7. The second kappa shape index (κ2) is 5.73. The van der Waals surface area contributed by atoms with Crippen LogP contribution in [0, 0.1) is 11.6 Å². The number of carbonyl (C=O) groups excluding carboxylic acids is 1. The minimum absolute atomic E-state index is 0.0474. The quantitative estimate of drug-likeness (QED) is 0.831. The molecule has 2 rings (SSSR count). The summed E-state index contributed by atoms with van der Waals surface area (Å²) in [6.45, 7) is 0. The highest BCUT2D eigenvalue weighted by Crippen LogP contribution is 2.10. The third-order valence-electron chi connectivity index (χ3n) is 2.77. The number of rotatable bonds is 5. The van der Waals surface area contributed by atoms with Crippen LogP contribution in [0.2, 0.25) is 0 Å². The predicted molar refractivity (Wildman–Crippen MR) is 66.6 cm³/mol. The zero-order valence-electron chi connectivity index (χ0n) is 10.6. The molecule has 2 aromatic rings. The molecule has 0 spiro atoms. The van der Waals surface area contributed by atoms with Gasteiger partial charge >= 0.3 is 0 Å². The fourth-order valence-corrected chi connectivity index (χ4v) is 1.91. The number of Topliss-reactive ketones (excluding diaryl/α,β-unsaturated/α-hetero) is 1. The van der Waals surface area contributed by atoms with Gasteiger partial charge in [-0.05, 0) is 29.7 Å². The summed E-state index contributed by atoms with van der Waals surface area (Å²) in [5.41, 5.74) is 1.34. The van der Waals surface area contributed by atoms with Crippen molar-refractivity contribution in [1.82, 2.24) is 9.78 Å². The molecule has 1 aromatic heterocycles. The molecule has 0 aliphatic rings. The Labute approximate surface area is 109 Å². The summed E-state index contributed by atoms with van der Waals surface area (Å²) in [4.78, 5) is 11.7. The minimum Gasteiger partial charge on any atom is -0.299 e. The molecule has 5 heteroatoms. The van der Waals surface area contributed by atoms with Gasteiger partial charge in [0, 0.05) is 32.2 Å². The van der Waals surface area contributed by atoms with E-state index in [1.807, 2.05) is 6.20 Å². The van der Waals surface area contributed by atoms with E-state index in [0.29, 0.717) is 18.4 Å². The lowest BCUT2D eigenvalue weighted by Gasteiger charge is -2.01. The molecule has 100 valence electrons. The molecule has 0 unspecified atom stereocenters. The van der Waals surface area contributed by atoms with Gasteiger partial charge in [-0.2, -0.15) is 5.10 Å². The van der Waals surface area contributed by atoms with Gasteiger partial charge in [0.15, 0.2) is 0 Å². The van der Waals surface area contributed by atoms with Crippen LogP contribution in [0.5, 0.6) is 0 Å². The minimum atomic E-state index is -0.657. The lowest BCUT2D eigenvalue weighted by molar-refractivity contribution is -0.118. The van der Waals surface area contributed by atoms with Gasteiger partial charge in [0.1, 0.15) is 17.4 Å². The third-order valence-corrected chi connectivity index (χ3v) is 2.77. The maximum Gasteiger partial charge on any atom is 0.137 e. The fourth-order valence-electron chi connectivity index (χ4n) is 1.91. The molecular weight excluding hydrogens is 250 g/mol. The summed E-state index contributed by atoms with van der Waals surface area (Å²) in [6, 6.07) is 3.17. The summed E-state index contributed by atoms with van der Waals surface area (Å²) in [6.07, 6.45) is 4.52. The van der Waals surface area contributed by atoms with Gasteiger partial charge in [0.25, 0.3) is 0 Å². The lowest BCUT2D eigenvalue weighted by atomic mass is 10.0. The van der Waals surface area contributed by atoms with E-state index in [0.717, 1.165) is 11.6 Å². The highest BCUT2D eigenvalue weighted by molar-refractivity contribution is 5.81. The molecular formula is C14H14F2N2O. The van der Waals surface area contributed by atoms with Crippen molar-refractivity contribution < 1.29 is 13.6 Å². The summed E-state index contributed by atoms with van der Waals surface area (Å²) < 4.78 is 27.6. The highest BCUT2D eigenvalue weighted by atomic mass is 19.1. The van der Waals surface area contributed by atoms with E-state index in [1.54, 1.807) is 17.9 Å². The molecule has 0 fully saturated rings. The van der Waals surface area contributed by atoms with Crippen molar-refractivity contribution in [3.63, 3.8) is 0 Å². The summed E-state index contributed by atoms with van der Waals surface area (Å²) in [5, 5.41) is 4.01. The number of halogens is 2. The Morgan fingerprint density at radius 1 is 1.21 bits per heavy atom. The summed E-state index contributed by atoms with van der Waals surface area (Å²) in [5.74, 6) is -1.36. The number of hydrogen-bond donors (Lipinski definition) is 0. The van der Waals surface area contributed by atoms with Crippen LogP contribution in [-0.2, 0) is 24.7 Å². The van der Waals surface area contributed by atoms with Gasteiger partial charge in [-0.25, -0.2) is 8.78 Å². The Morgan fingerprint density at radius 2 is 1.89 bits per heavy atom. The van der Waals surface area contributed by atoms with E-state index in [9.17, 15) is 13.6 Å². The van der Waals surface area contributed by atoms with Crippen molar-refractivity contribution >= 4 is 5.78 Å². The van der Waals surface area contributed by atoms with E-state index >= 15 is 0 Å². The first-order valence-electron chi connectivity index (χ1n) is 5.97. The second-order valence-electron chi connectivity index (χ2n) is 4.52. The fraction of sp³-hybridized carbons (Fsp3) is 0.286. The maximum absolute atomic E-state index is 13.0.